The summed E-state index contributed by atoms with van der Waals surface area (Å²) in [7, 11) is 0. The third-order valence-corrected chi connectivity index (χ3v) is 7.46. The van der Waals surface area contributed by atoms with Gasteiger partial charge in [0.15, 0.2) is 0 Å². The van der Waals surface area contributed by atoms with E-state index in [-0.39, 0.29) is 24.8 Å². The molecule has 1 aromatic heterocycles. The first-order valence-electron chi connectivity index (χ1n) is 9.01. The standard InChI is InChI=1S/C15H13O.C8H8S.2ClH.Zr/c1-2-14-7-8-15(16-14)13-9-11-5-3-4-6-12(11)10-13;1-6-5-7-3-2-4-8(7)9-6;;;/h3-10H,2H2,1H3;2-5,7H,1H3;2*1H;/q;;;;+2/p-2. The van der Waals surface area contributed by atoms with E-state index in [2.05, 4.69) is 80.6 Å². The van der Waals surface area contributed by atoms with Gasteiger partial charge in [0.1, 0.15) is 0 Å². The van der Waals surface area contributed by atoms with E-state index in [0.29, 0.717) is 9.54 Å². The predicted molar refractivity (Wildman–Crippen MR) is 107 cm³/mol. The average Bonchev–Trinajstić information content (AvgIpc) is 3.39. The molecule has 28 heavy (non-hydrogen) atoms. The molecule has 2 aliphatic carbocycles. The van der Waals surface area contributed by atoms with Crippen molar-refractivity contribution in [3.8, 4) is 0 Å². The zero-order chi connectivity index (χ0) is 18.1. The van der Waals surface area contributed by atoms with Crippen molar-refractivity contribution in [3.05, 3.63) is 93.2 Å². The summed E-state index contributed by atoms with van der Waals surface area (Å²) in [6, 6.07) is 12.8. The molecule has 0 amide bonds. The minimum absolute atomic E-state index is 0. The van der Waals surface area contributed by atoms with Crippen LogP contribution >= 0.6 is 11.8 Å². The number of halogens is 2. The number of hydrogen-bond acceptors (Lipinski definition) is 2. The van der Waals surface area contributed by atoms with Gasteiger partial charge in [-0.3, -0.25) is 0 Å². The smallest absolute Gasteiger partial charge is 1.00 e. The molecule has 3 aliphatic rings. The van der Waals surface area contributed by atoms with E-state index < -0.39 is 0 Å². The Hall–Kier alpha value is -0.727. The molecule has 0 N–H and O–H groups in total. The van der Waals surface area contributed by atoms with Crippen molar-refractivity contribution in [2.45, 2.75) is 23.9 Å². The number of fused-ring (bicyclic) bond motifs is 2. The van der Waals surface area contributed by atoms with Gasteiger partial charge in [0.05, 0.1) is 0 Å². The maximum absolute atomic E-state index is 5.86. The topological polar surface area (TPSA) is 13.1 Å². The first-order chi connectivity index (χ1) is 12.7. The zero-order valence-corrected chi connectivity index (χ0v) is 20.6. The molecule has 0 spiro atoms. The summed E-state index contributed by atoms with van der Waals surface area (Å²) >= 11 is 3.42. The van der Waals surface area contributed by atoms with Gasteiger partial charge in [0.2, 0.25) is 0 Å². The Morgan fingerprint density at radius 3 is 2.57 bits per heavy atom. The quantitative estimate of drug-likeness (QED) is 0.594. The van der Waals surface area contributed by atoms with Crippen molar-refractivity contribution in [3.63, 3.8) is 0 Å². The second-order valence-electron chi connectivity index (χ2n) is 6.64. The van der Waals surface area contributed by atoms with Crippen LogP contribution < -0.4 is 24.8 Å². The molecule has 5 heteroatoms. The number of furan rings is 1. The maximum atomic E-state index is 5.86. The van der Waals surface area contributed by atoms with Crippen LogP contribution in [0.3, 0.4) is 0 Å². The number of rotatable bonds is 2. The van der Waals surface area contributed by atoms with Gasteiger partial charge >= 0.3 is 117 Å². The van der Waals surface area contributed by atoms with Crippen LogP contribution in [0.15, 0.2) is 74.9 Å². The van der Waals surface area contributed by atoms with Crippen LogP contribution in [0.5, 0.6) is 0 Å². The van der Waals surface area contributed by atoms with Crippen molar-refractivity contribution >= 4 is 23.4 Å². The predicted octanol–water partition coefficient (Wildman–Crippen LogP) is 0.699. The molecule has 0 saturated heterocycles. The number of aryl methyl sites for hydroxylation is 1. The first-order valence-corrected chi connectivity index (χ1v) is 11.2. The second kappa shape index (κ2) is 10.3. The maximum Gasteiger partial charge on any atom is -1.00 e. The summed E-state index contributed by atoms with van der Waals surface area (Å²) in [5.74, 6) is 2.75. The van der Waals surface area contributed by atoms with Gasteiger partial charge in [0.25, 0.3) is 0 Å². The van der Waals surface area contributed by atoms with Crippen LogP contribution in [0.2, 0.25) is 0 Å². The van der Waals surface area contributed by atoms with Gasteiger partial charge in [-0.2, -0.15) is 0 Å². The van der Waals surface area contributed by atoms with Gasteiger partial charge in [-0.1, -0.05) is 36.1 Å². The molecule has 0 saturated carbocycles. The van der Waals surface area contributed by atoms with E-state index in [0.717, 1.165) is 17.9 Å². The molecule has 2 aromatic rings. The Morgan fingerprint density at radius 2 is 1.89 bits per heavy atom. The molecule has 1 nitrogen and oxygen atoms in total. The molecule has 0 bridgehead atoms. The minimum atomic E-state index is 0. The molecule has 0 radical (unpaired) electrons. The molecule has 0 fully saturated rings. The Bertz CT molecular complexity index is 955. The Morgan fingerprint density at radius 1 is 1.11 bits per heavy atom. The van der Waals surface area contributed by atoms with E-state index >= 15 is 0 Å². The molecule has 1 aromatic carbocycles. The number of benzene rings is 1. The van der Waals surface area contributed by atoms with Crippen molar-refractivity contribution in [2.75, 3.05) is 0 Å². The summed E-state index contributed by atoms with van der Waals surface area (Å²) < 4.78 is 6.39. The largest absolute Gasteiger partial charge is 1.00 e. The minimum Gasteiger partial charge on any atom is -1.00 e. The van der Waals surface area contributed by atoms with Crippen LogP contribution in [-0.4, -0.2) is 0 Å². The second-order valence-corrected chi connectivity index (χ2v) is 9.38. The van der Waals surface area contributed by atoms with Crippen LogP contribution in [0.4, 0.5) is 0 Å². The van der Waals surface area contributed by atoms with Gasteiger partial charge < -0.3 is 24.8 Å². The summed E-state index contributed by atoms with van der Waals surface area (Å²) in [5, 5.41) is 0. The molecule has 2 unspecified atom stereocenters. The Kier molecular flexibility index (Phi) is 8.70. The molecule has 143 valence electrons. The van der Waals surface area contributed by atoms with Crippen molar-refractivity contribution in [1.29, 1.82) is 0 Å². The average molecular weight is 508 g/mol. The normalized spacial score (nSPS) is 20.6. The van der Waals surface area contributed by atoms with Crippen LogP contribution in [-0.2, 0) is 31.1 Å². The molecule has 2 atom stereocenters. The molecular weight excluding hydrogens is 486 g/mol. The van der Waals surface area contributed by atoms with Gasteiger partial charge in [0, 0.05) is 10.8 Å². The Labute approximate surface area is 199 Å². The molecular formula is C23H21Cl2OSZr. The van der Waals surface area contributed by atoms with Crippen LogP contribution in [0, 0.1) is 5.92 Å². The summed E-state index contributed by atoms with van der Waals surface area (Å²) in [6.45, 7) is 4.28. The van der Waals surface area contributed by atoms with Crippen LogP contribution in [0.25, 0.3) is 11.6 Å². The third kappa shape index (κ3) is 4.87. The molecule has 2 heterocycles. The first kappa shape index (κ1) is 23.6. The Balaban J connectivity index is 0.000000218. The monoisotopic (exact) mass is 505 g/mol. The van der Waals surface area contributed by atoms with Crippen molar-refractivity contribution < 1.29 is 54.0 Å². The van der Waals surface area contributed by atoms with Gasteiger partial charge in [-0.15, -0.1) is 0 Å². The van der Waals surface area contributed by atoms with E-state index in [1.807, 2.05) is 11.8 Å². The summed E-state index contributed by atoms with van der Waals surface area (Å²) in [5.41, 5.74) is 4.12. The van der Waals surface area contributed by atoms with E-state index in [4.69, 9.17) is 4.42 Å². The molecule has 5 rings (SSSR count). The summed E-state index contributed by atoms with van der Waals surface area (Å²) in [4.78, 5) is 2.93. The number of allylic oxidation sites excluding steroid dienone is 7. The van der Waals surface area contributed by atoms with Crippen molar-refractivity contribution in [1.82, 2.24) is 0 Å². The van der Waals surface area contributed by atoms with E-state index in [9.17, 15) is 0 Å². The van der Waals surface area contributed by atoms with E-state index in [1.54, 1.807) is 0 Å². The fraction of sp³-hybridized carbons (Fsp3) is 0.217. The SMILES string of the molecule is CC1=CC2C=CC=C2S1.CCc1ccc(C2=Cc3ccccc3[CH]2[Zr+2])o1.[Cl-].[Cl-]. The van der Waals surface area contributed by atoms with Crippen LogP contribution in [0.1, 0.15) is 40.1 Å². The third-order valence-electron chi connectivity index (χ3n) is 4.82. The summed E-state index contributed by atoms with van der Waals surface area (Å²) in [6.07, 6.45) is 12.1. The molecule has 1 aliphatic heterocycles. The van der Waals surface area contributed by atoms with Gasteiger partial charge in [-0.05, 0) is 11.8 Å². The zero-order valence-electron chi connectivity index (χ0n) is 15.8. The fourth-order valence-electron chi connectivity index (χ4n) is 3.45. The van der Waals surface area contributed by atoms with E-state index in [1.165, 1.54) is 51.2 Å². The fourth-order valence-corrected chi connectivity index (χ4v) is 5.67. The van der Waals surface area contributed by atoms with Crippen molar-refractivity contribution in [2.24, 2.45) is 5.92 Å². The number of thioether (sulfide) groups is 1. The number of hydrogen-bond donors (Lipinski definition) is 0. The van der Waals surface area contributed by atoms with Gasteiger partial charge in [-0.25, -0.2) is 0 Å².